The van der Waals surface area contributed by atoms with Crippen molar-refractivity contribution < 1.29 is 14.6 Å². The number of rotatable bonds is 8. The second-order valence-corrected chi connectivity index (χ2v) is 15.0. The highest BCUT2D eigenvalue weighted by atomic mass is 79.9. The van der Waals surface area contributed by atoms with Crippen molar-refractivity contribution in [3.63, 3.8) is 0 Å². The zero-order chi connectivity index (χ0) is 20.4. The minimum atomic E-state index is -1.16. The fourth-order valence-electron chi connectivity index (χ4n) is 2.29. The van der Waals surface area contributed by atoms with Gasteiger partial charge in [-0.25, -0.2) is 9.97 Å². The first kappa shape index (κ1) is 22.0. The summed E-state index contributed by atoms with van der Waals surface area (Å²) in [5.74, 6) is -0.303. The first-order valence-corrected chi connectivity index (χ1v) is 13.5. The molecule has 27 heavy (non-hydrogen) atoms. The normalized spacial score (nSPS) is 13.8. The Bertz CT molecular complexity index is 811. The molecule has 150 valence electrons. The van der Waals surface area contributed by atoms with Crippen molar-refractivity contribution in [3.05, 3.63) is 22.6 Å². The fourth-order valence-corrected chi connectivity index (χ4v) is 3.32. The van der Waals surface area contributed by atoms with Gasteiger partial charge in [-0.2, -0.15) is 0 Å². The van der Waals surface area contributed by atoms with Gasteiger partial charge in [0.15, 0.2) is 5.65 Å². The fraction of sp³-hybridized carbons (Fsp3) is 0.611. The topological polar surface area (TPSA) is 89.3 Å². The van der Waals surface area contributed by atoms with Crippen LogP contribution in [-0.2, 0) is 11.5 Å². The first-order chi connectivity index (χ1) is 12.4. The summed E-state index contributed by atoms with van der Waals surface area (Å²) in [4.78, 5) is 21.6. The SMILES string of the molecule is C[C@H](NC(=O)c1cn(COCC[Si](C)(C)C)c2ncc(Br)nc12)C(C)(C)O. The van der Waals surface area contributed by atoms with Crippen LogP contribution in [0, 0.1) is 0 Å². The number of carbonyl (C=O) groups excluding carboxylic acids is 1. The van der Waals surface area contributed by atoms with E-state index >= 15 is 0 Å². The van der Waals surface area contributed by atoms with Crippen LogP contribution in [0.1, 0.15) is 31.1 Å². The van der Waals surface area contributed by atoms with E-state index in [9.17, 15) is 9.90 Å². The van der Waals surface area contributed by atoms with Crippen molar-refractivity contribution in [3.8, 4) is 0 Å². The van der Waals surface area contributed by atoms with Crippen LogP contribution in [-0.4, -0.2) is 51.9 Å². The Balaban J connectivity index is 2.23. The van der Waals surface area contributed by atoms with Gasteiger partial charge < -0.3 is 19.7 Å². The molecule has 7 nitrogen and oxygen atoms in total. The number of hydrogen-bond donors (Lipinski definition) is 2. The van der Waals surface area contributed by atoms with Gasteiger partial charge in [0.25, 0.3) is 5.91 Å². The maximum atomic E-state index is 12.7. The van der Waals surface area contributed by atoms with Gasteiger partial charge in [-0.1, -0.05) is 19.6 Å². The van der Waals surface area contributed by atoms with E-state index in [1.807, 2.05) is 0 Å². The van der Waals surface area contributed by atoms with Crippen LogP contribution < -0.4 is 5.32 Å². The van der Waals surface area contributed by atoms with E-state index in [0.29, 0.717) is 34.7 Å². The molecule has 1 atom stereocenters. The molecule has 0 aliphatic heterocycles. The van der Waals surface area contributed by atoms with Crippen molar-refractivity contribution in [1.29, 1.82) is 0 Å². The molecule has 9 heteroatoms. The van der Waals surface area contributed by atoms with Gasteiger partial charge in [-0.15, -0.1) is 0 Å². The average molecular weight is 457 g/mol. The molecule has 0 saturated carbocycles. The van der Waals surface area contributed by atoms with Crippen molar-refractivity contribution in [2.24, 2.45) is 0 Å². The zero-order valence-electron chi connectivity index (χ0n) is 16.8. The molecule has 2 rings (SSSR count). The zero-order valence-corrected chi connectivity index (χ0v) is 19.4. The van der Waals surface area contributed by atoms with Crippen LogP contribution in [0.15, 0.2) is 17.0 Å². The number of fused-ring (bicyclic) bond motifs is 1. The lowest BCUT2D eigenvalue weighted by molar-refractivity contribution is 0.0409. The first-order valence-electron chi connectivity index (χ1n) is 9.01. The Morgan fingerprint density at radius 2 is 2.11 bits per heavy atom. The van der Waals surface area contributed by atoms with Gasteiger partial charge in [-0.05, 0) is 42.7 Å². The maximum Gasteiger partial charge on any atom is 0.255 e. The summed E-state index contributed by atoms with van der Waals surface area (Å²) >= 11 is 3.31. The van der Waals surface area contributed by atoms with Gasteiger partial charge >= 0.3 is 0 Å². The van der Waals surface area contributed by atoms with Gasteiger partial charge in [0.05, 0.1) is 23.4 Å². The van der Waals surface area contributed by atoms with E-state index in [2.05, 4.69) is 50.9 Å². The summed E-state index contributed by atoms with van der Waals surface area (Å²) in [5, 5.41) is 12.9. The summed E-state index contributed by atoms with van der Waals surface area (Å²) in [6, 6.07) is 0.649. The summed E-state index contributed by atoms with van der Waals surface area (Å²) in [6.45, 7) is 13.0. The molecule has 1 amide bonds. The summed E-state index contributed by atoms with van der Waals surface area (Å²) in [7, 11) is -1.16. The number of carbonyl (C=O) groups is 1. The largest absolute Gasteiger partial charge is 0.388 e. The number of halogens is 1. The number of nitrogens with one attached hydrogen (secondary N) is 1. The number of nitrogens with zero attached hydrogens (tertiary/aromatic N) is 3. The third kappa shape index (κ3) is 6.10. The Morgan fingerprint density at radius 1 is 1.44 bits per heavy atom. The molecule has 0 unspecified atom stereocenters. The Labute approximate surface area is 169 Å². The molecule has 0 fully saturated rings. The van der Waals surface area contributed by atoms with Crippen LogP contribution in [0.5, 0.6) is 0 Å². The maximum absolute atomic E-state index is 12.7. The highest BCUT2D eigenvalue weighted by Gasteiger charge is 2.26. The van der Waals surface area contributed by atoms with Gasteiger partial charge in [0.2, 0.25) is 0 Å². The van der Waals surface area contributed by atoms with Gasteiger partial charge in [0, 0.05) is 20.9 Å². The molecule has 0 aromatic carbocycles. The lowest BCUT2D eigenvalue weighted by Gasteiger charge is -2.26. The van der Waals surface area contributed by atoms with Crippen LogP contribution in [0.4, 0.5) is 0 Å². The Kier molecular flexibility index (Phi) is 6.83. The van der Waals surface area contributed by atoms with Gasteiger partial charge in [-0.3, -0.25) is 4.79 Å². The Hall–Kier alpha value is -1.29. The predicted molar refractivity (Wildman–Crippen MR) is 113 cm³/mol. The van der Waals surface area contributed by atoms with E-state index < -0.39 is 19.7 Å². The van der Waals surface area contributed by atoms with Crippen molar-refractivity contribution in [2.75, 3.05) is 6.61 Å². The number of aliphatic hydroxyl groups is 1. The molecule has 0 saturated heterocycles. The lowest BCUT2D eigenvalue weighted by atomic mass is 10.0. The Morgan fingerprint density at radius 3 is 2.70 bits per heavy atom. The van der Waals surface area contributed by atoms with Crippen molar-refractivity contribution in [2.45, 2.75) is 64.8 Å². The summed E-state index contributed by atoms with van der Waals surface area (Å²) < 4.78 is 8.16. The van der Waals surface area contributed by atoms with E-state index in [-0.39, 0.29) is 5.91 Å². The minimum Gasteiger partial charge on any atom is -0.388 e. The monoisotopic (exact) mass is 456 g/mol. The number of hydrogen-bond acceptors (Lipinski definition) is 5. The minimum absolute atomic E-state index is 0.303. The summed E-state index contributed by atoms with van der Waals surface area (Å²) in [5.41, 5.74) is 0.467. The van der Waals surface area contributed by atoms with Crippen LogP contribution in [0.2, 0.25) is 25.7 Å². The standard InChI is InChI=1S/C18H29BrN4O3Si/c1-12(18(2,3)25)21-17(24)13-10-23(11-26-7-8-27(4,5)6)16-15(13)22-14(19)9-20-16/h9-10,12,25H,7-8,11H2,1-6H3,(H,21,24)/t12-/m0/s1. The molecular weight excluding hydrogens is 428 g/mol. The third-order valence-electron chi connectivity index (χ3n) is 4.41. The van der Waals surface area contributed by atoms with Crippen LogP contribution in [0.3, 0.4) is 0 Å². The molecular formula is C18H29BrN4O3Si. The van der Waals surface area contributed by atoms with Crippen LogP contribution in [0.25, 0.3) is 11.2 Å². The highest BCUT2D eigenvalue weighted by Crippen LogP contribution is 2.21. The quantitative estimate of drug-likeness (QED) is 0.469. The summed E-state index contributed by atoms with van der Waals surface area (Å²) in [6.07, 6.45) is 3.31. The van der Waals surface area contributed by atoms with Crippen LogP contribution >= 0.6 is 15.9 Å². The highest BCUT2D eigenvalue weighted by molar-refractivity contribution is 9.10. The van der Waals surface area contributed by atoms with E-state index in [4.69, 9.17) is 4.74 Å². The van der Waals surface area contributed by atoms with Gasteiger partial charge in [0.1, 0.15) is 16.9 Å². The van der Waals surface area contributed by atoms with E-state index in [1.54, 1.807) is 37.7 Å². The molecule has 0 aliphatic carbocycles. The average Bonchev–Trinajstić information content (AvgIpc) is 2.87. The number of amides is 1. The van der Waals surface area contributed by atoms with Crippen molar-refractivity contribution in [1.82, 2.24) is 19.9 Å². The second-order valence-electron chi connectivity index (χ2n) is 8.57. The predicted octanol–water partition coefficient (Wildman–Crippen LogP) is 3.40. The molecule has 0 radical (unpaired) electrons. The third-order valence-corrected chi connectivity index (χ3v) is 6.50. The molecule has 2 N–H and O–H groups in total. The molecule has 2 aromatic rings. The number of ether oxygens (including phenoxy) is 1. The smallest absolute Gasteiger partial charge is 0.255 e. The molecule has 0 bridgehead atoms. The van der Waals surface area contributed by atoms with E-state index in [1.165, 1.54) is 0 Å². The molecule has 0 aliphatic rings. The molecule has 2 aromatic heterocycles. The van der Waals surface area contributed by atoms with E-state index in [0.717, 1.165) is 6.04 Å². The lowest BCUT2D eigenvalue weighted by Crippen LogP contribution is -2.47. The molecule has 0 spiro atoms. The van der Waals surface area contributed by atoms with Crippen molar-refractivity contribution >= 4 is 41.1 Å². The molecule has 2 heterocycles. The second kappa shape index (κ2) is 8.38. The number of aromatic nitrogens is 3.